The number of nitrogens with zero attached hydrogens (tertiary/aromatic N) is 5. The molecule has 0 atom stereocenters. The largest absolute Gasteiger partial charge is 0.491 e. The number of thiazole rings is 2. The second-order valence-electron chi connectivity index (χ2n) is 10.2. The molecule has 4 heterocycles. The van der Waals surface area contributed by atoms with E-state index in [2.05, 4.69) is 37.3 Å². The van der Waals surface area contributed by atoms with E-state index in [1.54, 1.807) is 23.5 Å². The Balaban J connectivity index is 1.18. The van der Waals surface area contributed by atoms with Crippen LogP contribution in [-0.2, 0) is 17.6 Å². The molecule has 230 valence electrons. The predicted octanol–water partition coefficient (Wildman–Crippen LogP) is 5.93. The highest BCUT2D eigenvalue weighted by molar-refractivity contribution is 7.22. The zero-order chi connectivity index (χ0) is 31.3. The van der Waals surface area contributed by atoms with Crippen molar-refractivity contribution in [3.63, 3.8) is 0 Å². The summed E-state index contributed by atoms with van der Waals surface area (Å²) in [6.07, 6.45) is 2.77. The zero-order valence-corrected chi connectivity index (χ0v) is 26.4. The third-order valence-corrected chi connectivity index (χ3v) is 9.36. The van der Waals surface area contributed by atoms with E-state index in [9.17, 15) is 9.18 Å². The fourth-order valence-electron chi connectivity index (χ4n) is 5.06. The Bertz CT molecular complexity index is 1900. The first-order valence-corrected chi connectivity index (χ1v) is 16.0. The summed E-state index contributed by atoms with van der Waals surface area (Å²) in [5, 5.41) is 13.9. The van der Waals surface area contributed by atoms with Gasteiger partial charge < -0.3 is 25.4 Å². The lowest BCUT2D eigenvalue weighted by molar-refractivity contribution is 0.0593. The minimum absolute atomic E-state index is 0.141. The first-order chi connectivity index (χ1) is 21.9. The molecule has 5 aromatic rings. The summed E-state index contributed by atoms with van der Waals surface area (Å²) in [6.45, 7) is 3.17. The average molecular weight is 644 g/mol. The molecular weight excluding hydrogens is 614 g/mol. The van der Waals surface area contributed by atoms with E-state index in [4.69, 9.17) is 15.2 Å². The van der Waals surface area contributed by atoms with Gasteiger partial charge >= 0.3 is 5.97 Å². The summed E-state index contributed by atoms with van der Waals surface area (Å²) in [5.74, 6) is 6.03. The maximum atomic E-state index is 14.5. The summed E-state index contributed by atoms with van der Waals surface area (Å²) in [7, 11) is 1.34. The van der Waals surface area contributed by atoms with Crippen LogP contribution in [0.2, 0.25) is 0 Å². The van der Waals surface area contributed by atoms with Gasteiger partial charge in [0.1, 0.15) is 0 Å². The molecule has 0 spiro atoms. The number of methoxy groups -OCH3 is 1. The minimum Gasteiger partial charge on any atom is -0.491 e. The fourth-order valence-corrected chi connectivity index (χ4v) is 7.04. The van der Waals surface area contributed by atoms with Crippen molar-refractivity contribution >= 4 is 60.8 Å². The molecule has 1 aliphatic rings. The van der Waals surface area contributed by atoms with Crippen molar-refractivity contribution in [3.05, 3.63) is 75.5 Å². The van der Waals surface area contributed by atoms with Crippen LogP contribution in [0, 0.1) is 24.6 Å². The number of aromatic nitrogens is 4. The van der Waals surface area contributed by atoms with Crippen LogP contribution >= 0.6 is 22.7 Å². The third kappa shape index (κ3) is 6.58. The van der Waals surface area contributed by atoms with Gasteiger partial charge in [0.25, 0.3) is 0 Å². The van der Waals surface area contributed by atoms with Crippen LogP contribution in [0.25, 0.3) is 10.2 Å². The van der Waals surface area contributed by atoms with Gasteiger partial charge in [-0.2, -0.15) is 0 Å². The van der Waals surface area contributed by atoms with Gasteiger partial charge in [-0.15, -0.1) is 21.5 Å². The second-order valence-corrected chi connectivity index (χ2v) is 12.3. The number of anilines is 4. The standard InChI is InChI=1S/C32H30FN7O3S2/c1-19-21-9-6-16-40(29(21)39-38-28(19)37-31-35-23-10-3-4-11-25(23)44-31)32-36-27(30(41)42-2)26(45-32)12-7-17-43-24-14-13-20(8-5-15-34)18-22(24)33/h3-4,10-11,13-14,18H,6-7,9,12,15-17,34H2,1-2H3,(H,35,37,38). The van der Waals surface area contributed by atoms with Crippen LogP contribution in [0.5, 0.6) is 5.75 Å². The fraction of sp³-hybridized carbons (Fsp3) is 0.281. The smallest absolute Gasteiger partial charge is 0.357 e. The van der Waals surface area contributed by atoms with Crippen molar-refractivity contribution in [2.24, 2.45) is 5.73 Å². The predicted molar refractivity (Wildman–Crippen MR) is 175 cm³/mol. The first kappa shape index (κ1) is 30.4. The summed E-state index contributed by atoms with van der Waals surface area (Å²) < 4.78 is 26.3. The SMILES string of the molecule is COC(=O)c1nc(N2CCCc3c2nnc(Nc2nc4ccccc4s2)c3C)sc1CCCOc1ccc(C#CCN)cc1F. The highest BCUT2D eigenvalue weighted by atomic mass is 32.1. The Labute approximate surface area is 267 Å². The molecule has 0 saturated heterocycles. The number of esters is 1. The molecule has 0 amide bonds. The summed E-state index contributed by atoms with van der Waals surface area (Å²) in [6, 6.07) is 12.6. The Morgan fingerprint density at radius 1 is 1.18 bits per heavy atom. The molecule has 1 aliphatic heterocycles. The lowest BCUT2D eigenvalue weighted by Gasteiger charge is -2.28. The maximum Gasteiger partial charge on any atom is 0.357 e. The number of carbonyl (C=O) groups excluding carboxylic acids is 1. The number of fused-ring (bicyclic) bond motifs is 2. The molecule has 0 unspecified atom stereocenters. The van der Waals surface area contributed by atoms with Gasteiger partial charge in [0.05, 0.1) is 30.5 Å². The minimum atomic E-state index is -0.511. The van der Waals surface area contributed by atoms with Crippen molar-refractivity contribution in [1.29, 1.82) is 0 Å². The number of hydrogen-bond donors (Lipinski definition) is 2. The Kier molecular flexibility index (Phi) is 9.16. The van der Waals surface area contributed by atoms with Crippen molar-refractivity contribution in [3.8, 4) is 17.6 Å². The van der Waals surface area contributed by atoms with Crippen LogP contribution in [0.15, 0.2) is 42.5 Å². The number of ether oxygens (including phenoxy) is 2. The monoisotopic (exact) mass is 643 g/mol. The lowest BCUT2D eigenvalue weighted by atomic mass is 10.0. The second kappa shape index (κ2) is 13.6. The number of benzene rings is 2. The highest BCUT2D eigenvalue weighted by Crippen LogP contribution is 2.39. The number of para-hydroxylation sites is 1. The molecule has 10 nitrogen and oxygen atoms in total. The van der Waals surface area contributed by atoms with Gasteiger partial charge in [0.15, 0.2) is 39.2 Å². The van der Waals surface area contributed by atoms with E-state index in [0.29, 0.717) is 35.9 Å². The number of carbonyl (C=O) groups is 1. The van der Waals surface area contributed by atoms with Gasteiger partial charge in [0, 0.05) is 28.1 Å². The van der Waals surface area contributed by atoms with Crippen molar-refractivity contribution in [1.82, 2.24) is 20.2 Å². The lowest BCUT2D eigenvalue weighted by Crippen LogP contribution is -2.27. The summed E-state index contributed by atoms with van der Waals surface area (Å²) in [5.41, 5.74) is 9.19. The molecule has 2 aromatic carbocycles. The van der Waals surface area contributed by atoms with Gasteiger partial charge in [-0.1, -0.05) is 35.3 Å². The van der Waals surface area contributed by atoms with Crippen LogP contribution < -0.4 is 20.7 Å². The van der Waals surface area contributed by atoms with E-state index < -0.39 is 11.8 Å². The van der Waals surface area contributed by atoms with Gasteiger partial charge in [-0.05, 0) is 62.9 Å². The molecule has 6 rings (SSSR count). The molecule has 45 heavy (non-hydrogen) atoms. The van der Waals surface area contributed by atoms with Crippen LogP contribution in [0.1, 0.15) is 44.9 Å². The van der Waals surface area contributed by atoms with E-state index in [0.717, 1.165) is 50.0 Å². The Morgan fingerprint density at radius 3 is 2.84 bits per heavy atom. The highest BCUT2D eigenvalue weighted by Gasteiger charge is 2.28. The van der Waals surface area contributed by atoms with Crippen molar-refractivity contribution in [2.75, 3.05) is 37.0 Å². The van der Waals surface area contributed by atoms with E-state index in [1.165, 1.54) is 24.5 Å². The van der Waals surface area contributed by atoms with Crippen LogP contribution in [0.4, 0.5) is 26.3 Å². The summed E-state index contributed by atoms with van der Waals surface area (Å²) in [4.78, 5) is 24.8. The molecule has 13 heteroatoms. The topological polar surface area (TPSA) is 128 Å². The molecule has 0 bridgehead atoms. The molecule has 3 aromatic heterocycles. The van der Waals surface area contributed by atoms with Crippen molar-refractivity contribution < 1.29 is 18.7 Å². The van der Waals surface area contributed by atoms with Gasteiger partial charge in [-0.3, -0.25) is 0 Å². The summed E-state index contributed by atoms with van der Waals surface area (Å²) >= 11 is 2.98. The Hall–Kier alpha value is -4.64. The normalized spacial score (nSPS) is 12.4. The zero-order valence-electron chi connectivity index (χ0n) is 24.7. The number of nitrogens with two attached hydrogens (primary N) is 1. The molecule has 0 fully saturated rings. The van der Waals surface area contributed by atoms with E-state index in [-0.39, 0.29) is 24.6 Å². The number of hydrogen-bond acceptors (Lipinski definition) is 12. The molecular formula is C32H30FN7O3S2. The van der Waals surface area contributed by atoms with Gasteiger partial charge in [-0.25, -0.2) is 19.2 Å². The van der Waals surface area contributed by atoms with Gasteiger partial charge in [0.2, 0.25) is 0 Å². The molecule has 0 aliphatic carbocycles. The number of halogens is 1. The maximum absolute atomic E-state index is 14.5. The Morgan fingerprint density at radius 2 is 2.04 bits per heavy atom. The average Bonchev–Trinajstić information content (AvgIpc) is 3.67. The van der Waals surface area contributed by atoms with Crippen LogP contribution in [0.3, 0.4) is 0 Å². The molecule has 0 radical (unpaired) electrons. The number of aryl methyl sites for hydroxylation is 1. The van der Waals surface area contributed by atoms with Crippen molar-refractivity contribution in [2.45, 2.75) is 32.6 Å². The number of rotatable bonds is 9. The van der Waals surface area contributed by atoms with E-state index >= 15 is 0 Å². The quantitative estimate of drug-likeness (QED) is 0.113. The first-order valence-electron chi connectivity index (χ1n) is 14.4. The molecule has 3 N–H and O–H groups in total. The number of nitrogens with one attached hydrogen (secondary N) is 1. The van der Waals surface area contributed by atoms with E-state index in [1.807, 2.05) is 36.1 Å². The molecule has 0 saturated carbocycles. The van der Waals surface area contributed by atoms with Crippen LogP contribution in [-0.4, -0.2) is 52.9 Å². The third-order valence-electron chi connectivity index (χ3n) is 7.27.